The summed E-state index contributed by atoms with van der Waals surface area (Å²) in [5.74, 6) is 1.43. The number of phenols is 1. The summed E-state index contributed by atoms with van der Waals surface area (Å²) >= 11 is 0. The highest BCUT2D eigenvalue weighted by atomic mass is 16.5. The number of allylic oxidation sites excluding steroid dienone is 1. The molecule has 192 valence electrons. The highest BCUT2D eigenvalue weighted by Gasteiger charge is 2.36. The molecule has 0 bridgehead atoms. The molecule has 0 amide bonds. The lowest BCUT2D eigenvalue weighted by molar-refractivity contribution is -0.116. The van der Waals surface area contributed by atoms with Crippen molar-refractivity contribution >= 4 is 17.2 Å². The summed E-state index contributed by atoms with van der Waals surface area (Å²) in [6.07, 6.45) is 1.18. The first-order chi connectivity index (χ1) is 17.9. The average molecular weight is 501 g/mol. The van der Waals surface area contributed by atoms with Crippen LogP contribution in [-0.4, -0.2) is 31.2 Å². The van der Waals surface area contributed by atoms with Crippen LogP contribution in [-0.2, 0) is 4.79 Å². The third-order valence-corrected chi connectivity index (χ3v) is 6.87. The average Bonchev–Trinajstić information content (AvgIpc) is 3.06. The van der Waals surface area contributed by atoms with Crippen molar-refractivity contribution in [1.29, 1.82) is 0 Å². The quantitative estimate of drug-likeness (QED) is 0.373. The number of methoxy groups -OCH3 is 2. The Morgan fingerprint density at radius 1 is 0.892 bits per heavy atom. The molecular weight excluding hydrogens is 468 g/mol. The lowest BCUT2D eigenvalue weighted by Gasteiger charge is -2.30. The monoisotopic (exact) mass is 500 g/mol. The molecule has 2 atom stereocenters. The Bertz CT molecular complexity index is 1320. The fourth-order valence-corrected chi connectivity index (χ4v) is 5.15. The number of phenolic OH excluding ortho intramolecular Hbond substituents is 1. The summed E-state index contributed by atoms with van der Waals surface area (Å²) in [5, 5.41) is 17.6. The number of hydrogen-bond donors (Lipinski definition) is 3. The summed E-state index contributed by atoms with van der Waals surface area (Å²) in [6.45, 7) is 4.00. The predicted molar refractivity (Wildman–Crippen MR) is 144 cm³/mol. The maximum absolute atomic E-state index is 13.8. The zero-order chi connectivity index (χ0) is 26.1. The second-order valence-electron chi connectivity index (χ2n) is 9.68. The minimum absolute atomic E-state index is 0.0432. The van der Waals surface area contributed by atoms with Crippen LogP contribution >= 0.6 is 0 Å². The van der Waals surface area contributed by atoms with Gasteiger partial charge in [0.05, 0.1) is 37.7 Å². The van der Waals surface area contributed by atoms with Gasteiger partial charge in [-0.15, -0.1) is 0 Å². The lowest BCUT2D eigenvalue weighted by atomic mass is 9.78. The zero-order valence-electron chi connectivity index (χ0n) is 21.5. The Kier molecular flexibility index (Phi) is 6.70. The minimum atomic E-state index is -0.454. The van der Waals surface area contributed by atoms with Crippen LogP contribution in [0.1, 0.15) is 49.8 Å². The van der Waals surface area contributed by atoms with E-state index in [9.17, 15) is 9.90 Å². The number of ketones is 1. The molecule has 0 aromatic heterocycles. The molecule has 3 aromatic rings. The topological polar surface area (TPSA) is 89.1 Å². The van der Waals surface area contributed by atoms with Crippen molar-refractivity contribution in [3.8, 4) is 23.0 Å². The van der Waals surface area contributed by atoms with E-state index in [1.807, 2.05) is 50.2 Å². The zero-order valence-corrected chi connectivity index (χ0v) is 21.5. The van der Waals surface area contributed by atoms with Gasteiger partial charge in [0, 0.05) is 17.7 Å². The van der Waals surface area contributed by atoms with Crippen molar-refractivity contribution in [3.05, 3.63) is 83.1 Å². The molecule has 3 N–H and O–H groups in total. The van der Waals surface area contributed by atoms with Gasteiger partial charge in [-0.2, -0.15) is 0 Å². The summed E-state index contributed by atoms with van der Waals surface area (Å²) in [5.41, 5.74) is 5.23. The minimum Gasteiger partial charge on any atom is -0.502 e. The number of fused-ring (bicyclic) bond motifs is 1. The van der Waals surface area contributed by atoms with Crippen LogP contribution in [0.15, 0.2) is 71.9 Å². The third kappa shape index (κ3) is 4.81. The van der Waals surface area contributed by atoms with E-state index >= 15 is 0 Å². The number of benzene rings is 3. The van der Waals surface area contributed by atoms with Gasteiger partial charge in [0.1, 0.15) is 5.75 Å². The fraction of sp³-hybridized carbons (Fsp3) is 0.300. The number of nitrogens with one attached hydrogen (secondary N) is 2. The molecule has 37 heavy (non-hydrogen) atoms. The van der Waals surface area contributed by atoms with Crippen molar-refractivity contribution in [2.45, 2.75) is 44.8 Å². The fourth-order valence-electron chi connectivity index (χ4n) is 5.15. The van der Waals surface area contributed by atoms with Gasteiger partial charge < -0.3 is 30.0 Å². The van der Waals surface area contributed by atoms with Gasteiger partial charge in [0.15, 0.2) is 17.3 Å². The number of anilines is 2. The summed E-state index contributed by atoms with van der Waals surface area (Å²) in [4.78, 5) is 13.8. The summed E-state index contributed by atoms with van der Waals surface area (Å²) < 4.78 is 16.6. The molecule has 0 spiro atoms. The standard InChI is InChI=1S/C30H32N2O5/c1-17(2)37-21-11-9-18(10-12-21)19-13-24-28(25(33)14-19)29(32-23-8-6-5-7-22(23)31-24)20-15-26(35-3)30(34)27(16-20)36-4/h5-12,15-17,19,29,31-32,34H,13-14H2,1-4H3. The van der Waals surface area contributed by atoms with Crippen LogP contribution in [0.25, 0.3) is 0 Å². The smallest absolute Gasteiger partial charge is 0.200 e. The molecule has 0 radical (unpaired) electrons. The molecule has 1 aliphatic heterocycles. The normalized spacial score (nSPS) is 18.8. The van der Waals surface area contributed by atoms with Gasteiger partial charge in [-0.05, 0) is 73.7 Å². The Balaban J connectivity index is 1.57. The van der Waals surface area contributed by atoms with Gasteiger partial charge in [0.25, 0.3) is 0 Å². The molecule has 0 saturated heterocycles. The molecule has 1 heterocycles. The first-order valence-corrected chi connectivity index (χ1v) is 12.5. The first kappa shape index (κ1) is 24.6. The number of hydrogen-bond acceptors (Lipinski definition) is 7. The van der Waals surface area contributed by atoms with E-state index in [2.05, 4.69) is 22.8 Å². The van der Waals surface area contributed by atoms with Gasteiger partial charge >= 0.3 is 0 Å². The van der Waals surface area contributed by atoms with E-state index in [1.54, 1.807) is 12.1 Å². The van der Waals surface area contributed by atoms with Crippen LogP contribution in [0, 0.1) is 0 Å². The van der Waals surface area contributed by atoms with E-state index in [1.165, 1.54) is 14.2 Å². The van der Waals surface area contributed by atoms with Crippen molar-refractivity contribution in [3.63, 3.8) is 0 Å². The summed E-state index contributed by atoms with van der Waals surface area (Å²) in [7, 11) is 2.99. The van der Waals surface area contributed by atoms with E-state index in [0.29, 0.717) is 18.4 Å². The Morgan fingerprint density at radius 3 is 2.16 bits per heavy atom. The maximum atomic E-state index is 13.8. The number of carbonyl (C=O) groups excluding carboxylic acids is 1. The van der Waals surface area contributed by atoms with Crippen LogP contribution in [0.4, 0.5) is 11.4 Å². The molecule has 0 fully saturated rings. The second-order valence-corrected chi connectivity index (χ2v) is 9.68. The molecule has 2 unspecified atom stereocenters. The number of ether oxygens (including phenoxy) is 3. The van der Waals surface area contributed by atoms with Gasteiger partial charge in [-0.1, -0.05) is 24.3 Å². The van der Waals surface area contributed by atoms with E-state index in [-0.39, 0.29) is 35.1 Å². The van der Waals surface area contributed by atoms with Gasteiger partial charge in [-0.3, -0.25) is 4.79 Å². The van der Waals surface area contributed by atoms with Crippen LogP contribution in [0.2, 0.25) is 0 Å². The summed E-state index contributed by atoms with van der Waals surface area (Å²) in [6, 6.07) is 19.0. The maximum Gasteiger partial charge on any atom is 0.200 e. The Morgan fingerprint density at radius 2 is 1.54 bits per heavy atom. The highest BCUT2D eigenvalue weighted by Crippen LogP contribution is 2.47. The molecular formula is C30H32N2O5. The molecule has 7 nitrogen and oxygen atoms in total. The lowest BCUT2D eigenvalue weighted by Crippen LogP contribution is -2.27. The van der Waals surface area contributed by atoms with Crippen LogP contribution in [0.3, 0.4) is 0 Å². The largest absolute Gasteiger partial charge is 0.502 e. The number of aromatic hydroxyl groups is 1. The van der Waals surface area contributed by atoms with E-state index in [0.717, 1.165) is 33.9 Å². The predicted octanol–water partition coefficient (Wildman–Crippen LogP) is 6.18. The number of para-hydroxylation sites is 2. The van der Waals surface area contributed by atoms with E-state index < -0.39 is 6.04 Å². The van der Waals surface area contributed by atoms with Crippen molar-refractivity contribution < 1.29 is 24.1 Å². The van der Waals surface area contributed by atoms with Crippen LogP contribution in [0.5, 0.6) is 23.0 Å². The van der Waals surface area contributed by atoms with Gasteiger partial charge in [-0.25, -0.2) is 0 Å². The van der Waals surface area contributed by atoms with Crippen molar-refractivity contribution in [1.82, 2.24) is 0 Å². The van der Waals surface area contributed by atoms with Crippen molar-refractivity contribution in [2.24, 2.45) is 0 Å². The number of carbonyl (C=O) groups is 1. The molecule has 2 aliphatic rings. The van der Waals surface area contributed by atoms with Crippen LogP contribution < -0.4 is 24.8 Å². The molecule has 1 aliphatic carbocycles. The molecule has 0 saturated carbocycles. The highest BCUT2D eigenvalue weighted by molar-refractivity contribution is 6.01. The SMILES string of the molecule is COc1cc(C2Nc3ccccc3NC3=C2C(=O)CC(c2ccc(OC(C)C)cc2)C3)cc(OC)c1O. The van der Waals surface area contributed by atoms with Gasteiger partial charge in [0.2, 0.25) is 5.75 Å². The van der Waals surface area contributed by atoms with Crippen molar-refractivity contribution in [2.75, 3.05) is 24.9 Å². The number of Topliss-reactive ketones (excluding diaryl/α,β-unsaturated/α-hetero) is 1. The Labute approximate surface area is 217 Å². The Hall–Kier alpha value is -4.13. The first-order valence-electron chi connectivity index (χ1n) is 12.5. The second kappa shape index (κ2) is 10.1. The molecule has 5 rings (SSSR count). The third-order valence-electron chi connectivity index (χ3n) is 6.87. The van der Waals surface area contributed by atoms with E-state index in [4.69, 9.17) is 14.2 Å². The molecule has 7 heteroatoms. The molecule has 3 aromatic carbocycles. The number of rotatable bonds is 6.